The van der Waals surface area contributed by atoms with Crippen molar-refractivity contribution in [3.05, 3.63) is 45.2 Å². The largest absolute Gasteiger partial charge is 0.462 e. The number of hydrogen-bond acceptors (Lipinski definition) is 6. The zero-order valence-electron chi connectivity index (χ0n) is 13.8. The number of nitrogens with zero attached hydrogens (tertiary/aromatic N) is 2. The zero-order valence-corrected chi connectivity index (χ0v) is 15.3. The Kier molecular flexibility index (Phi) is 5.88. The van der Waals surface area contributed by atoms with Gasteiger partial charge in [-0.1, -0.05) is 29.0 Å². The van der Waals surface area contributed by atoms with Crippen molar-refractivity contribution in [1.29, 1.82) is 0 Å². The van der Waals surface area contributed by atoms with Crippen molar-refractivity contribution in [3.63, 3.8) is 0 Å². The van der Waals surface area contributed by atoms with E-state index in [1.165, 1.54) is 23.5 Å². The molecule has 134 valence electrons. The van der Waals surface area contributed by atoms with Gasteiger partial charge in [-0.25, -0.2) is 14.2 Å². The van der Waals surface area contributed by atoms with Gasteiger partial charge in [0, 0.05) is 19.5 Å². The molecule has 0 radical (unpaired) electrons. The van der Waals surface area contributed by atoms with Gasteiger partial charge in [0.2, 0.25) is 0 Å². The zero-order chi connectivity index (χ0) is 17.8. The molecular weight excluding hydrogens is 367 g/mol. The maximum absolute atomic E-state index is 13.7. The summed E-state index contributed by atoms with van der Waals surface area (Å²) >= 11 is 7.04. The number of halogens is 2. The van der Waals surface area contributed by atoms with Crippen LogP contribution in [0, 0.1) is 5.82 Å². The summed E-state index contributed by atoms with van der Waals surface area (Å²) in [5.41, 5.74) is 1.29. The number of aromatic nitrogens is 1. The first-order valence-electron chi connectivity index (χ1n) is 8.02. The van der Waals surface area contributed by atoms with Gasteiger partial charge in [-0.15, -0.1) is 0 Å². The minimum absolute atomic E-state index is 0.0710. The van der Waals surface area contributed by atoms with E-state index in [1.807, 2.05) is 0 Å². The van der Waals surface area contributed by atoms with Gasteiger partial charge >= 0.3 is 5.97 Å². The third-order valence-electron chi connectivity index (χ3n) is 3.78. The van der Waals surface area contributed by atoms with Gasteiger partial charge in [0.05, 0.1) is 30.5 Å². The third kappa shape index (κ3) is 4.29. The molecule has 5 nitrogen and oxygen atoms in total. The Hall–Kier alpha value is -1.70. The number of carbonyl (C=O) groups excluding carboxylic acids is 1. The van der Waals surface area contributed by atoms with Crippen LogP contribution in [0.3, 0.4) is 0 Å². The summed E-state index contributed by atoms with van der Waals surface area (Å²) in [5, 5.41) is 0.831. The highest BCUT2D eigenvalue weighted by Gasteiger charge is 2.23. The molecule has 0 bridgehead atoms. The fraction of sp³-hybridized carbons (Fsp3) is 0.412. The average molecular weight is 385 g/mol. The minimum Gasteiger partial charge on any atom is -0.462 e. The minimum atomic E-state index is -0.486. The molecule has 1 aliphatic rings. The molecule has 2 heterocycles. The highest BCUT2D eigenvalue weighted by molar-refractivity contribution is 7.17. The van der Waals surface area contributed by atoms with Crippen LogP contribution in [-0.2, 0) is 15.9 Å². The van der Waals surface area contributed by atoms with Crippen LogP contribution in [0.4, 0.5) is 9.52 Å². The fourth-order valence-electron chi connectivity index (χ4n) is 2.55. The van der Waals surface area contributed by atoms with E-state index in [4.69, 9.17) is 21.1 Å². The quantitative estimate of drug-likeness (QED) is 0.738. The SMILES string of the molecule is CCOC(=O)c1sc(N2CCOCC2)nc1Cc1ccc(Cl)c(F)c1. The van der Waals surface area contributed by atoms with Crippen LogP contribution in [0.25, 0.3) is 0 Å². The molecule has 1 aromatic heterocycles. The van der Waals surface area contributed by atoms with Gasteiger partial charge in [0.15, 0.2) is 5.13 Å². The molecule has 0 saturated carbocycles. The van der Waals surface area contributed by atoms with E-state index in [0.717, 1.165) is 18.2 Å². The Labute approximate surface area is 154 Å². The maximum Gasteiger partial charge on any atom is 0.350 e. The van der Waals surface area contributed by atoms with E-state index >= 15 is 0 Å². The van der Waals surface area contributed by atoms with Gasteiger partial charge in [-0.05, 0) is 24.6 Å². The summed E-state index contributed by atoms with van der Waals surface area (Å²) in [5.74, 6) is -0.885. The summed E-state index contributed by atoms with van der Waals surface area (Å²) in [6.45, 7) is 4.77. The van der Waals surface area contributed by atoms with Crippen molar-refractivity contribution < 1.29 is 18.7 Å². The van der Waals surface area contributed by atoms with Crippen LogP contribution < -0.4 is 4.90 Å². The maximum atomic E-state index is 13.7. The topological polar surface area (TPSA) is 51.7 Å². The molecule has 8 heteroatoms. The van der Waals surface area contributed by atoms with E-state index in [2.05, 4.69) is 9.88 Å². The van der Waals surface area contributed by atoms with Crippen LogP contribution in [0.5, 0.6) is 0 Å². The predicted octanol–water partition coefficient (Wildman–Crippen LogP) is 3.54. The number of thiazole rings is 1. The molecule has 0 N–H and O–H groups in total. The number of esters is 1. The van der Waals surface area contributed by atoms with Crippen molar-refractivity contribution in [2.45, 2.75) is 13.3 Å². The summed E-state index contributed by atoms with van der Waals surface area (Å²) in [6.07, 6.45) is 0.336. The van der Waals surface area contributed by atoms with Crippen molar-refractivity contribution in [3.8, 4) is 0 Å². The molecule has 1 fully saturated rings. The van der Waals surface area contributed by atoms with E-state index in [9.17, 15) is 9.18 Å². The number of anilines is 1. The Morgan fingerprint density at radius 2 is 2.20 bits per heavy atom. The Morgan fingerprint density at radius 1 is 1.44 bits per heavy atom. The summed E-state index contributed by atoms with van der Waals surface area (Å²) in [4.78, 5) is 19.4. The number of morpholine rings is 1. The van der Waals surface area contributed by atoms with Crippen LogP contribution in [0.2, 0.25) is 5.02 Å². The molecule has 25 heavy (non-hydrogen) atoms. The lowest BCUT2D eigenvalue weighted by atomic mass is 10.1. The summed E-state index contributed by atoms with van der Waals surface area (Å²) in [7, 11) is 0. The molecule has 1 saturated heterocycles. The van der Waals surface area contributed by atoms with Crippen LogP contribution in [0.15, 0.2) is 18.2 Å². The molecule has 1 aromatic carbocycles. The first-order chi connectivity index (χ1) is 12.1. The average Bonchev–Trinajstić information content (AvgIpc) is 3.03. The first kappa shape index (κ1) is 18.1. The monoisotopic (exact) mass is 384 g/mol. The van der Waals surface area contributed by atoms with E-state index in [-0.39, 0.29) is 5.02 Å². The standard InChI is InChI=1S/C17H18ClFN2O3S/c1-2-24-16(22)15-14(10-11-3-4-12(18)13(19)9-11)20-17(25-15)21-5-7-23-8-6-21/h3-4,9H,2,5-8,10H2,1H3. The van der Waals surface area contributed by atoms with Crippen molar-refractivity contribution >= 4 is 34.0 Å². The molecule has 0 spiro atoms. The van der Waals surface area contributed by atoms with Crippen LogP contribution >= 0.6 is 22.9 Å². The number of benzene rings is 1. The summed E-state index contributed by atoms with van der Waals surface area (Å²) in [6, 6.07) is 4.60. The summed E-state index contributed by atoms with van der Waals surface area (Å²) < 4.78 is 24.2. The third-order valence-corrected chi connectivity index (χ3v) is 5.23. The Morgan fingerprint density at radius 3 is 2.88 bits per heavy atom. The molecular formula is C17H18ClFN2O3S. The van der Waals surface area contributed by atoms with E-state index in [1.54, 1.807) is 13.0 Å². The van der Waals surface area contributed by atoms with Gasteiger partial charge < -0.3 is 14.4 Å². The van der Waals surface area contributed by atoms with Crippen molar-refractivity contribution in [2.24, 2.45) is 0 Å². The normalized spacial score (nSPS) is 14.6. The number of ether oxygens (including phenoxy) is 2. The molecule has 0 aliphatic carbocycles. The number of hydrogen-bond donors (Lipinski definition) is 0. The highest BCUT2D eigenvalue weighted by atomic mass is 35.5. The van der Waals surface area contributed by atoms with Crippen molar-refractivity contribution in [2.75, 3.05) is 37.8 Å². The van der Waals surface area contributed by atoms with Crippen molar-refractivity contribution in [1.82, 2.24) is 4.98 Å². The smallest absolute Gasteiger partial charge is 0.350 e. The van der Waals surface area contributed by atoms with E-state index < -0.39 is 11.8 Å². The Bertz CT molecular complexity index is 762. The molecule has 3 rings (SSSR count). The second-order valence-corrected chi connectivity index (χ2v) is 6.90. The van der Waals surface area contributed by atoms with Crippen LogP contribution in [0.1, 0.15) is 27.9 Å². The highest BCUT2D eigenvalue weighted by Crippen LogP contribution is 2.30. The first-order valence-corrected chi connectivity index (χ1v) is 9.21. The Balaban J connectivity index is 1.90. The van der Waals surface area contributed by atoms with Gasteiger partial charge in [0.1, 0.15) is 10.7 Å². The van der Waals surface area contributed by atoms with Gasteiger partial charge in [0.25, 0.3) is 0 Å². The predicted molar refractivity (Wildman–Crippen MR) is 95.3 cm³/mol. The second-order valence-electron chi connectivity index (χ2n) is 5.52. The van der Waals surface area contributed by atoms with Gasteiger partial charge in [-0.2, -0.15) is 0 Å². The number of rotatable bonds is 5. The molecule has 1 aliphatic heterocycles. The molecule has 0 atom stereocenters. The van der Waals surface area contributed by atoms with E-state index in [0.29, 0.717) is 42.4 Å². The lowest BCUT2D eigenvalue weighted by molar-refractivity contribution is 0.0530. The molecule has 0 amide bonds. The molecule has 2 aromatic rings. The lowest BCUT2D eigenvalue weighted by Gasteiger charge is -2.26. The fourth-order valence-corrected chi connectivity index (χ4v) is 3.69. The van der Waals surface area contributed by atoms with Crippen LogP contribution in [-0.4, -0.2) is 43.9 Å². The van der Waals surface area contributed by atoms with Gasteiger partial charge in [-0.3, -0.25) is 0 Å². The number of carbonyl (C=O) groups is 1. The lowest BCUT2D eigenvalue weighted by Crippen LogP contribution is -2.36. The second kappa shape index (κ2) is 8.12. The molecule has 0 unspecified atom stereocenters.